The zero-order chi connectivity index (χ0) is 33.9. The zero-order valence-corrected chi connectivity index (χ0v) is 24.5. The second kappa shape index (κ2) is 17.7. The minimum atomic E-state index is -3.80. The Bertz CT molecular complexity index is 1940. The first-order chi connectivity index (χ1) is 21.2. The van der Waals surface area contributed by atoms with Gasteiger partial charge in [-0.15, -0.1) is 0 Å². The molecule has 4 rings (SSSR count). The standard InChI is InChI=1S/3C6H5N3O2S.C3H3N3O3/c3*7-8-9-12(10,11)6-4-2-1-3-5-6;7-1-4-2(8)6-3(9)5-1/h3*1-5H;(H3,4,5,6,7,8,9). The van der Waals surface area contributed by atoms with Gasteiger partial charge >= 0.3 is 17.1 Å². The van der Waals surface area contributed by atoms with Crippen LogP contribution in [0.4, 0.5) is 0 Å². The van der Waals surface area contributed by atoms with Crippen LogP contribution in [-0.4, -0.2) is 40.2 Å². The number of aromatic nitrogens is 3. The summed E-state index contributed by atoms with van der Waals surface area (Å²) in [6.45, 7) is 0. The third kappa shape index (κ3) is 13.6. The van der Waals surface area contributed by atoms with Crippen LogP contribution in [-0.2, 0) is 30.1 Å². The van der Waals surface area contributed by atoms with Gasteiger partial charge in [0.05, 0.1) is 14.7 Å². The minimum Gasteiger partial charge on any atom is -0.259 e. The van der Waals surface area contributed by atoms with Crippen molar-refractivity contribution in [2.75, 3.05) is 0 Å². The third-order valence-electron chi connectivity index (χ3n) is 4.24. The third-order valence-corrected chi connectivity index (χ3v) is 7.70. The van der Waals surface area contributed by atoms with Crippen molar-refractivity contribution in [1.29, 1.82) is 0 Å². The van der Waals surface area contributed by atoms with Crippen molar-refractivity contribution in [1.82, 2.24) is 15.0 Å². The number of nitrogens with zero attached hydrogens (tertiary/aromatic N) is 9. The molecule has 3 aromatic carbocycles. The van der Waals surface area contributed by atoms with Crippen molar-refractivity contribution in [3.05, 3.63) is 154 Å². The van der Waals surface area contributed by atoms with Crippen LogP contribution >= 0.6 is 0 Å². The predicted octanol–water partition coefficient (Wildman–Crippen LogP) is 2.81. The van der Waals surface area contributed by atoms with E-state index in [0.717, 1.165) is 0 Å². The van der Waals surface area contributed by atoms with Gasteiger partial charge in [-0.2, -0.15) is 0 Å². The number of H-pyrrole nitrogens is 3. The van der Waals surface area contributed by atoms with E-state index in [4.69, 9.17) is 16.6 Å². The number of azide groups is 3. The Kier molecular flexibility index (Phi) is 14.5. The van der Waals surface area contributed by atoms with Gasteiger partial charge in [0.25, 0.3) is 30.1 Å². The molecule has 0 atom stereocenters. The number of nitrogens with one attached hydrogen (secondary N) is 3. The van der Waals surface area contributed by atoms with E-state index < -0.39 is 47.1 Å². The lowest BCUT2D eigenvalue weighted by Crippen LogP contribution is -2.34. The number of hydrogen-bond acceptors (Lipinski definition) is 9. The second-order valence-electron chi connectivity index (χ2n) is 7.24. The zero-order valence-electron chi connectivity index (χ0n) is 22.1. The normalized spacial score (nSPS) is 10.1. The highest BCUT2D eigenvalue weighted by atomic mass is 32.2. The quantitative estimate of drug-likeness (QED) is 0.153. The molecule has 0 unspecified atom stereocenters. The molecule has 0 fully saturated rings. The first kappa shape index (κ1) is 36.9. The average Bonchev–Trinajstić information content (AvgIpc) is 2.99. The Morgan fingerprint density at radius 2 is 0.622 bits per heavy atom. The number of benzene rings is 3. The molecule has 1 aromatic heterocycles. The SMILES string of the molecule is O=c1[nH]c(=O)[nH]c(=O)[nH]1.[N-]=[N+]=NS(=O)(=O)c1ccccc1.[N-]=[N+]=NS(=O)(=O)c1ccccc1.[N-]=[N+]=NS(=O)(=O)c1ccccc1. The fraction of sp³-hybridized carbons (Fsp3) is 0. The first-order valence-electron chi connectivity index (χ1n) is 11.2. The van der Waals surface area contributed by atoms with Crippen LogP contribution in [0.2, 0.25) is 0 Å². The lowest BCUT2D eigenvalue weighted by molar-refractivity contribution is 0.595. The molecule has 234 valence electrons. The van der Waals surface area contributed by atoms with E-state index in [9.17, 15) is 39.6 Å². The number of sulfonamides is 3. The highest BCUT2D eigenvalue weighted by Crippen LogP contribution is 2.12. The van der Waals surface area contributed by atoms with Gasteiger partial charge in [-0.25, -0.2) is 39.6 Å². The summed E-state index contributed by atoms with van der Waals surface area (Å²) < 4.78 is 74.1. The van der Waals surface area contributed by atoms with Gasteiger partial charge in [0.15, 0.2) is 0 Å². The molecule has 24 heteroatoms. The summed E-state index contributed by atoms with van der Waals surface area (Å²) in [6.07, 6.45) is 0. The van der Waals surface area contributed by atoms with Crippen LogP contribution < -0.4 is 17.1 Å². The van der Waals surface area contributed by atoms with Crippen LogP contribution in [0.5, 0.6) is 0 Å². The van der Waals surface area contributed by atoms with Gasteiger partial charge in [-0.1, -0.05) is 54.6 Å². The van der Waals surface area contributed by atoms with Crippen LogP contribution in [0.15, 0.2) is 134 Å². The Balaban J connectivity index is 0.000000302. The molecule has 0 aliphatic rings. The van der Waals surface area contributed by atoms with Crippen LogP contribution in [0.25, 0.3) is 31.3 Å². The molecule has 0 saturated carbocycles. The summed E-state index contributed by atoms with van der Waals surface area (Å²) in [5.41, 5.74) is 21.4. The summed E-state index contributed by atoms with van der Waals surface area (Å²) in [5.74, 6) is 0. The van der Waals surface area contributed by atoms with Crippen molar-refractivity contribution in [3.63, 3.8) is 0 Å². The lowest BCUT2D eigenvalue weighted by atomic mass is 10.4. The molecular weight excluding hydrogens is 661 g/mol. The Morgan fingerprint density at radius 3 is 0.800 bits per heavy atom. The van der Waals surface area contributed by atoms with E-state index in [0.29, 0.717) is 0 Å². The average molecular weight is 679 g/mol. The smallest absolute Gasteiger partial charge is 0.259 e. The predicted molar refractivity (Wildman–Crippen MR) is 157 cm³/mol. The van der Waals surface area contributed by atoms with Crippen molar-refractivity contribution in [2.24, 2.45) is 13.6 Å². The lowest BCUT2D eigenvalue weighted by Gasteiger charge is -1.93. The Hall–Kier alpha value is -6.15. The molecule has 4 aromatic rings. The summed E-state index contributed by atoms with van der Waals surface area (Å²) in [7, 11) is -11.4. The number of aromatic amines is 3. The molecule has 0 bridgehead atoms. The van der Waals surface area contributed by atoms with Crippen LogP contribution in [0.3, 0.4) is 0 Å². The van der Waals surface area contributed by atoms with Gasteiger partial charge in [-0.3, -0.25) is 15.0 Å². The maximum absolute atomic E-state index is 11.0. The van der Waals surface area contributed by atoms with E-state index in [2.05, 4.69) is 28.3 Å². The largest absolute Gasteiger partial charge is 0.330 e. The monoisotopic (exact) mass is 678 g/mol. The molecule has 0 aliphatic carbocycles. The second-order valence-corrected chi connectivity index (χ2v) is 12.0. The van der Waals surface area contributed by atoms with Gasteiger partial charge in [0.2, 0.25) is 0 Å². The summed E-state index contributed by atoms with van der Waals surface area (Å²) >= 11 is 0. The molecule has 45 heavy (non-hydrogen) atoms. The summed E-state index contributed by atoms with van der Waals surface area (Å²) in [5, 5.41) is 0. The molecule has 3 N–H and O–H groups in total. The Morgan fingerprint density at radius 1 is 0.422 bits per heavy atom. The molecule has 0 amide bonds. The molecule has 0 aliphatic heterocycles. The molecule has 0 spiro atoms. The van der Waals surface area contributed by atoms with Crippen molar-refractivity contribution < 1.29 is 25.3 Å². The van der Waals surface area contributed by atoms with E-state index >= 15 is 0 Å². The van der Waals surface area contributed by atoms with Crippen LogP contribution in [0.1, 0.15) is 0 Å². The van der Waals surface area contributed by atoms with Gasteiger partial charge in [0, 0.05) is 28.3 Å². The highest BCUT2D eigenvalue weighted by molar-refractivity contribution is 7.90. The topological polar surface area (TPSA) is 347 Å². The van der Waals surface area contributed by atoms with E-state index in [1.165, 1.54) is 36.4 Å². The Labute approximate surface area is 251 Å². The summed E-state index contributed by atoms with van der Waals surface area (Å²) in [6, 6.07) is 22.5. The molecule has 0 saturated heterocycles. The minimum absolute atomic E-state index is 0.00259. The molecular formula is C21H18N12O9S3. The maximum atomic E-state index is 11.0. The fourth-order valence-corrected chi connectivity index (χ4v) is 4.54. The maximum Gasteiger partial charge on any atom is 0.330 e. The first-order valence-corrected chi connectivity index (χ1v) is 15.5. The van der Waals surface area contributed by atoms with E-state index in [1.807, 2.05) is 0 Å². The van der Waals surface area contributed by atoms with Crippen LogP contribution in [0, 0.1) is 0 Å². The van der Waals surface area contributed by atoms with E-state index in [-0.39, 0.29) is 14.7 Å². The van der Waals surface area contributed by atoms with Crippen molar-refractivity contribution >= 4 is 30.1 Å². The van der Waals surface area contributed by atoms with Gasteiger partial charge in [0.1, 0.15) is 0 Å². The van der Waals surface area contributed by atoms with Gasteiger partial charge in [-0.05, 0) is 53.0 Å². The highest BCUT2D eigenvalue weighted by Gasteiger charge is 2.11. The molecule has 1 heterocycles. The molecule has 0 radical (unpaired) electrons. The van der Waals surface area contributed by atoms with Crippen molar-refractivity contribution in [2.45, 2.75) is 14.7 Å². The fourth-order valence-electron chi connectivity index (χ4n) is 2.47. The molecule has 21 nitrogen and oxygen atoms in total. The number of rotatable bonds is 6. The van der Waals surface area contributed by atoms with Gasteiger partial charge < -0.3 is 0 Å². The summed E-state index contributed by atoms with van der Waals surface area (Å²) in [4.78, 5) is 42.6. The number of hydrogen-bond donors (Lipinski definition) is 3. The van der Waals surface area contributed by atoms with E-state index in [1.54, 1.807) is 69.5 Å². The van der Waals surface area contributed by atoms with Crippen molar-refractivity contribution in [3.8, 4) is 0 Å².